The van der Waals surface area contributed by atoms with Crippen molar-refractivity contribution in [3.05, 3.63) is 35.4 Å². The zero-order chi connectivity index (χ0) is 15.3. The van der Waals surface area contributed by atoms with Crippen molar-refractivity contribution < 1.29 is 14.7 Å². The summed E-state index contributed by atoms with van der Waals surface area (Å²) in [6.45, 7) is 5.87. The van der Waals surface area contributed by atoms with Crippen LogP contribution >= 0.6 is 0 Å². The second-order valence-electron chi connectivity index (χ2n) is 5.85. The average molecular weight is 278 g/mol. The van der Waals surface area contributed by atoms with Gasteiger partial charge in [0.2, 0.25) is 0 Å². The van der Waals surface area contributed by atoms with Crippen molar-refractivity contribution in [1.29, 1.82) is 0 Å². The quantitative estimate of drug-likeness (QED) is 0.759. The lowest BCUT2D eigenvalue weighted by Crippen LogP contribution is -2.49. The second kappa shape index (κ2) is 6.52. The molecule has 0 aliphatic heterocycles. The summed E-state index contributed by atoms with van der Waals surface area (Å²) in [6.07, 6.45) is 0.752. The first-order valence-corrected chi connectivity index (χ1v) is 6.58. The molecule has 0 unspecified atom stereocenters. The fourth-order valence-electron chi connectivity index (χ4n) is 1.85. The second-order valence-corrected chi connectivity index (χ2v) is 5.85. The predicted molar refractivity (Wildman–Crippen MR) is 77.5 cm³/mol. The van der Waals surface area contributed by atoms with E-state index in [1.165, 1.54) is 0 Å². The summed E-state index contributed by atoms with van der Waals surface area (Å²) in [4.78, 5) is 23.3. The third-order valence-corrected chi connectivity index (χ3v) is 3.04. The van der Waals surface area contributed by atoms with Crippen LogP contribution in [0.3, 0.4) is 0 Å². The molecule has 1 aromatic rings. The fourth-order valence-corrected chi connectivity index (χ4v) is 1.85. The average Bonchev–Trinajstić information content (AvgIpc) is 2.35. The lowest BCUT2D eigenvalue weighted by Gasteiger charge is -2.27. The van der Waals surface area contributed by atoms with E-state index in [2.05, 4.69) is 5.32 Å². The molecule has 4 N–H and O–H groups in total. The standard InChI is InChI=1S/C15H22N2O3/c1-15(2,3)12(14(19)20)17-13(18)11-6-4-10(5-7-11)8-9-16/h4-7,12H,8-9,16H2,1-3H3,(H,17,18)(H,19,20)/t12-/m0/s1. The molecule has 0 radical (unpaired) electrons. The minimum Gasteiger partial charge on any atom is -0.480 e. The molecule has 0 spiro atoms. The van der Waals surface area contributed by atoms with Gasteiger partial charge in [-0.2, -0.15) is 0 Å². The van der Waals surface area contributed by atoms with E-state index in [4.69, 9.17) is 5.73 Å². The summed E-state index contributed by atoms with van der Waals surface area (Å²) in [6, 6.07) is 6.09. The van der Waals surface area contributed by atoms with Crippen LogP contribution in [0.1, 0.15) is 36.7 Å². The van der Waals surface area contributed by atoms with Crippen molar-refractivity contribution in [3.8, 4) is 0 Å². The van der Waals surface area contributed by atoms with Gasteiger partial charge in [0, 0.05) is 5.56 Å². The van der Waals surface area contributed by atoms with Gasteiger partial charge in [-0.1, -0.05) is 32.9 Å². The van der Waals surface area contributed by atoms with Crippen molar-refractivity contribution in [1.82, 2.24) is 5.32 Å². The van der Waals surface area contributed by atoms with E-state index in [1.54, 1.807) is 32.9 Å². The topological polar surface area (TPSA) is 92.4 Å². The molecule has 1 rings (SSSR count). The number of carbonyl (C=O) groups excluding carboxylic acids is 1. The van der Waals surface area contributed by atoms with Crippen LogP contribution in [0, 0.1) is 5.41 Å². The number of aliphatic carboxylic acids is 1. The van der Waals surface area contributed by atoms with E-state index < -0.39 is 17.4 Å². The van der Waals surface area contributed by atoms with Crippen LogP contribution in [0.15, 0.2) is 24.3 Å². The van der Waals surface area contributed by atoms with E-state index in [-0.39, 0.29) is 5.91 Å². The molecule has 0 saturated carbocycles. The molecule has 1 atom stereocenters. The summed E-state index contributed by atoms with van der Waals surface area (Å²) >= 11 is 0. The molecule has 0 heterocycles. The first-order chi connectivity index (χ1) is 9.25. The van der Waals surface area contributed by atoms with Gasteiger partial charge in [-0.25, -0.2) is 4.79 Å². The monoisotopic (exact) mass is 278 g/mol. The van der Waals surface area contributed by atoms with Crippen molar-refractivity contribution in [2.75, 3.05) is 6.54 Å². The smallest absolute Gasteiger partial charge is 0.326 e. The van der Waals surface area contributed by atoms with E-state index >= 15 is 0 Å². The lowest BCUT2D eigenvalue weighted by atomic mass is 9.86. The number of hydrogen-bond donors (Lipinski definition) is 3. The van der Waals surface area contributed by atoms with Gasteiger partial charge in [0.1, 0.15) is 6.04 Å². The number of benzene rings is 1. The van der Waals surface area contributed by atoms with Gasteiger partial charge in [-0.15, -0.1) is 0 Å². The third-order valence-electron chi connectivity index (χ3n) is 3.04. The summed E-state index contributed by atoms with van der Waals surface area (Å²) in [5, 5.41) is 11.8. The van der Waals surface area contributed by atoms with Crippen molar-refractivity contribution in [2.45, 2.75) is 33.2 Å². The Balaban J connectivity index is 2.81. The summed E-state index contributed by atoms with van der Waals surface area (Å²) in [5.41, 5.74) is 6.40. The van der Waals surface area contributed by atoms with Gasteiger partial charge >= 0.3 is 5.97 Å². The number of hydrogen-bond acceptors (Lipinski definition) is 3. The van der Waals surface area contributed by atoms with Crippen molar-refractivity contribution in [2.24, 2.45) is 11.1 Å². The van der Waals surface area contributed by atoms with Gasteiger partial charge in [-0.05, 0) is 36.1 Å². The van der Waals surface area contributed by atoms with Crippen LogP contribution in [0.4, 0.5) is 0 Å². The number of rotatable bonds is 5. The normalized spacial score (nSPS) is 12.8. The highest BCUT2D eigenvalue weighted by Crippen LogP contribution is 2.20. The van der Waals surface area contributed by atoms with Gasteiger partial charge in [0.15, 0.2) is 0 Å². The molecule has 0 aliphatic carbocycles. The number of carboxylic acids is 1. The Hall–Kier alpha value is -1.88. The third kappa shape index (κ3) is 4.35. The molecule has 110 valence electrons. The van der Waals surface area contributed by atoms with Crippen LogP contribution in [0.5, 0.6) is 0 Å². The van der Waals surface area contributed by atoms with Crippen LogP contribution in [0.2, 0.25) is 0 Å². The Bertz CT molecular complexity index is 475. The minimum absolute atomic E-state index is 0.383. The summed E-state index contributed by atoms with van der Waals surface area (Å²) in [7, 11) is 0. The maximum Gasteiger partial charge on any atom is 0.326 e. The number of nitrogens with two attached hydrogens (primary N) is 1. The van der Waals surface area contributed by atoms with E-state index in [9.17, 15) is 14.7 Å². The Kier molecular flexibility index (Phi) is 5.27. The van der Waals surface area contributed by atoms with E-state index in [1.807, 2.05) is 12.1 Å². The molecule has 5 nitrogen and oxygen atoms in total. The summed E-state index contributed by atoms with van der Waals surface area (Å²) in [5.74, 6) is -1.42. The molecule has 0 aliphatic rings. The van der Waals surface area contributed by atoms with Crippen molar-refractivity contribution in [3.63, 3.8) is 0 Å². The maximum atomic E-state index is 12.1. The molecule has 0 saturated heterocycles. The Morgan fingerprint density at radius 2 is 1.80 bits per heavy atom. The molecule has 0 bridgehead atoms. The zero-order valence-corrected chi connectivity index (χ0v) is 12.1. The first kappa shape index (κ1) is 16.2. The molecule has 1 aromatic carbocycles. The van der Waals surface area contributed by atoms with Crippen LogP contribution in [-0.2, 0) is 11.2 Å². The number of carboxylic acid groups (broad SMARTS) is 1. The van der Waals surface area contributed by atoms with Gasteiger partial charge < -0.3 is 16.2 Å². The molecule has 0 aromatic heterocycles. The predicted octanol–water partition coefficient (Wildman–Crippen LogP) is 1.42. The van der Waals surface area contributed by atoms with Gasteiger partial charge in [-0.3, -0.25) is 4.79 Å². The highest BCUT2D eigenvalue weighted by Gasteiger charge is 2.32. The molecular formula is C15H22N2O3. The maximum absolute atomic E-state index is 12.1. The van der Waals surface area contributed by atoms with Gasteiger partial charge in [0.05, 0.1) is 0 Å². The van der Waals surface area contributed by atoms with Crippen LogP contribution < -0.4 is 11.1 Å². The largest absolute Gasteiger partial charge is 0.480 e. The number of amides is 1. The minimum atomic E-state index is -1.04. The molecule has 1 amide bonds. The molecule has 5 heteroatoms. The Labute approximate surface area is 119 Å². The van der Waals surface area contributed by atoms with E-state index in [0.717, 1.165) is 12.0 Å². The first-order valence-electron chi connectivity index (χ1n) is 6.58. The molecular weight excluding hydrogens is 256 g/mol. The highest BCUT2D eigenvalue weighted by atomic mass is 16.4. The lowest BCUT2D eigenvalue weighted by molar-refractivity contribution is -0.142. The van der Waals surface area contributed by atoms with Gasteiger partial charge in [0.25, 0.3) is 5.91 Å². The number of carbonyl (C=O) groups is 2. The highest BCUT2D eigenvalue weighted by molar-refractivity contribution is 5.96. The van der Waals surface area contributed by atoms with Crippen LogP contribution in [0.25, 0.3) is 0 Å². The van der Waals surface area contributed by atoms with Crippen LogP contribution in [-0.4, -0.2) is 29.6 Å². The van der Waals surface area contributed by atoms with Crippen molar-refractivity contribution >= 4 is 11.9 Å². The summed E-state index contributed by atoms with van der Waals surface area (Å²) < 4.78 is 0. The Morgan fingerprint density at radius 3 is 2.20 bits per heavy atom. The zero-order valence-electron chi connectivity index (χ0n) is 12.1. The fraction of sp³-hybridized carbons (Fsp3) is 0.467. The molecule has 0 fully saturated rings. The molecule has 20 heavy (non-hydrogen) atoms. The number of nitrogens with one attached hydrogen (secondary N) is 1. The van der Waals surface area contributed by atoms with E-state index in [0.29, 0.717) is 12.1 Å². The Morgan fingerprint density at radius 1 is 1.25 bits per heavy atom. The SMILES string of the molecule is CC(C)(C)[C@@H](NC(=O)c1ccc(CCN)cc1)C(=O)O.